The molecule has 0 atom stereocenters. The quantitative estimate of drug-likeness (QED) is 0.685. The van der Waals surface area contributed by atoms with Crippen LogP contribution in [0.1, 0.15) is 5.56 Å². The van der Waals surface area contributed by atoms with Crippen LogP contribution in [-0.4, -0.2) is 13.2 Å². The number of rotatable bonds is 1. The Bertz CT molecular complexity index is 449. The number of nitriles is 1. The Morgan fingerprint density at radius 1 is 1.33 bits per heavy atom. The number of benzene rings is 1. The highest BCUT2D eigenvalue weighted by Gasteiger charge is 2.15. The minimum absolute atomic E-state index is 0.504. The zero-order valence-corrected chi connectivity index (χ0v) is 8.62. The second-order valence-electron chi connectivity index (χ2n) is 2.99. The van der Waals surface area contributed by atoms with Crippen molar-refractivity contribution in [1.82, 2.24) is 0 Å². The van der Waals surface area contributed by atoms with E-state index < -0.39 is 0 Å². The SMILES string of the molecule is N#C/C=C/c1cc(Cl)c2c(c1)OCCO2. The molecule has 0 saturated heterocycles. The molecule has 4 heteroatoms. The van der Waals surface area contributed by atoms with E-state index >= 15 is 0 Å². The van der Waals surface area contributed by atoms with Crippen LogP contribution < -0.4 is 9.47 Å². The number of nitrogens with zero attached hydrogens (tertiary/aromatic N) is 1. The highest BCUT2D eigenvalue weighted by atomic mass is 35.5. The first kappa shape index (κ1) is 9.88. The van der Waals surface area contributed by atoms with Crippen LogP contribution in [0.5, 0.6) is 11.5 Å². The summed E-state index contributed by atoms with van der Waals surface area (Å²) in [5, 5.41) is 8.91. The first-order valence-electron chi connectivity index (χ1n) is 4.46. The van der Waals surface area contributed by atoms with Gasteiger partial charge in [-0.25, -0.2) is 0 Å². The summed E-state index contributed by atoms with van der Waals surface area (Å²) in [7, 11) is 0. The molecular formula is C11H8ClNO2. The fourth-order valence-corrected chi connectivity index (χ4v) is 1.63. The largest absolute Gasteiger partial charge is 0.486 e. The molecule has 1 aliphatic rings. The first-order valence-corrected chi connectivity index (χ1v) is 4.84. The predicted molar refractivity (Wildman–Crippen MR) is 57.1 cm³/mol. The molecule has 1 aliphatic heterocycles. The van der Waals surface area contributed by atoms with E-state index in [0.717, 1.165) is 5.56 Å². The van der Waals surface area contributed by atoms with Crippen molar-refractivity contribution in [3.05, 3.63) is 28.8 Å². The molecule has 0 aromatic heterocycles. The maximum Gasteiger partial charge on any atom is 0.179 e. The second-order valence-corrected chi connectivity index (χ2v) is 3.40. The Balaban J connectivity index is 2.41. The van der Waals surface area contributed by atoms with Crippen LogP contribution in [0.15, 0.2) is 18.2 Å². The Morgan fingerprint density at radius 2 is 2.13 bits per heavy atom. The lowest BCUT2D eigenvalue weighted by atomic mass is 10.2. The van der Waals surface area contributed by atoms with Gasteiger partial charge < -0.3 is 9.47 Å². The van der Waals surface area contributed by atoms with Gasteiger partial charge in [0.15, 0.2) is 11.5 Å². The number of hydrogen-bond acceptors (Lipinski definition) is 3. The highest BCUT2D eigenvalue weighted by Crippen LogP contribution is 2.38. The van der Waals surface area contributed by atoms with Gasteiger partial charge in [-0.1, -0.05) is 11.6 Å². The normalized spacial score (nSPS) is 13.9. The van der Waals surface area contributed by atoms with Crippen LogP contribution in [0, 0.1) is 11.3 Å². The fourth-order valence-electron chi connectivity index (χ4n) is 1.36. The van der Waals surface area contributed by atoms with Crippen LogP contribution in [0.2, 0.25) is 5.02 Å². The topological polar surface area (TPSA) is 42.2 Å². The van der Waals surface area contributed by atoms with Crippen molar-refractivity contribution in [3.63, 3.8) is 0 Å². The van der Waals surface area contributed by atoms with Crippen LogP contribution in [0.4, 0.5) is 0 Å². The Morgan fingerprint density at radius 3 is 2.93 bits per heavy atom. The van der Waals surface area contributed by atoms with Gasteiger partial charge >= 0.3 is 0 Å². The third kappa shape index (κ3) is 2.05. The van der Waals surface area contributed by atoms with E-state index in [1.807, 2.05) is 6.07 Å². The van der Waals surface area contributed by atoms with Crippen molar-refractivity contribution in [1.29, 1.82) is 5.26 Å². The summed E-state index contributed by atoms with van der Waals surface area (Å²) in [6.07, 6.45) is 3.06. The molecule has 76 valence electrons. The smallest absolute Gasteiger partial charge is 0.179 e. The van der Waals surface area contributed by atoms with Crippen LogP contribution in [0.3, 0.4) is 0 Å². The van der Waals surface area contributed by atoms with Gasteiger partial charge in [-0.3, -0.25) is 0 Å². The molecule has 15 heavy (non-hydrogen) atoms. The molecule has 0 unspecified atom stereocenters. The molecule has 0 bridgehead atoms. The maximum absolute atomic E-state index is 8.41. The Labute approximate surface area is 92.5 Å². The zero-order chi connectivity index (χ0) is 10.7. The second kappa shape index (κ2) is 4.24. The molecule has 0 amide bonds. The van der Waals surface area contributed by atoms with Gasteiger partial charge in [-0.05, 0) is 23.8 Å². The van der Waals surface area contributed by atoms with Crippen molar-refractivity contribution in [3.8, 4) is 17.6 Å². The number of fused-ring (bicyclic) bond motifs is 1. The average Bonchev–Trinajstić information content (AvgIpc) is 2.26. The summed E-state index contributed by atoms with van der Waals surface area (Å²) >= 11 is 6.00. The van der Waals surface area contributed by atoms with E-state index in [1.165, 1.54) is 6.08 Å². The maximum atomic E-state index is 8.41. The molecule has 0 aliphatic carbocycles. The van der Waals surface area contributed by atoms with Crippen molar-refractivity contribution in [2.45, 2.75) is 0 Å². The molecular weight excluding hydrogens is 214 g/mol. The van der Waals surface area contributed by atoms with Crippen molar-refractivity contribution in [2.75, 3.05) is 13.2 Å². The molecule has 0 fully saturated rings. The molecule has 1 aromatic carbocycles. The minimum atomic E-state index is 0.504. The van der Waals surface area contributed by atoms with Gasteiger partial charge in [0.05, 0.1) is 11.1 Å². The standard InChI is InChI=1S/C11H8ClNO2/c12-9-6-8(2-1-3-13)7-10-11(9)15-5-4-14-10/h1-2,6-7H,4-5H2/b2-1+. The van der Waals surface area contributed by atoms with E-state index in [2.05, 4.69) is 0 Å². The summed E-state index contributed by atoms with van der Waals surface area (Å²) in [6, 6.07) is 5.46. The molecule has 0 saturated carbocycles. The molecule has 1 heterocycles. The predicted octanol–water partition coefficient (Wildman–Crippen LogP) is 2.65. The minimum Gasteiger partial charge on any atom is -0.486 e. The summed E-state index contributed by atoms with van der Waals surface area (Å²) < 4.78 is 10.8. The zero-order valence-electron chi connectivity index (χ0n) is 7.87. The number of ether oxygens (including phenoxy) is 2. The fraction of sp³-hybridized carbons (Fsp3) is 0.182. The molecule has 3 nitrogen and oxygen atoms in total. The van der Waals surface area contributed by atoms with E-state index in [1.54, 1.807) is 18.2 Å². The van der Waals surface area contributed by atoms with Gasteiger partial charge in [0, 0.05) is 6.08 Å². The lowest BCUT2D eigenvalue weighted by Crippen LogP contribution is -2.15. The molecule has 0 spiro atoms. The summed E-state index contributed by atoms with van der Waals surface area (Å²) in [5.74, 6) is 1.21. The van der Waals surface area contributed by atoms with Gasteiger partial charge in [0.2, 0.25) is 0 Å². The number of allylic oxidation sites excluding steroid dienone is 1. The lowest BCUT2D eigenvalue weighted by Gasteiger charge is -2.19. The van der Waals surface area contributed by atoms with E-state index in [4.69, 9.17) is 26.3 Å². The Kier molecular flexibility index (Phi) is 2.79. The van der Waals surface area contributed by atoms with Crippen molar-refractivity contribution in [2.24, 2.45) is 0 Å². The summed E-state index contributed by atoms with van der Waals surface area (Å²) in [4.78, 5) is 0. The molecule has 0 radical (unpaired) electrons. The third-order valence-corrected chi connectivity index (χ3v) is 2.25. The molecule has 0 N–H and O–H groups in total. The van der Waals surface area contributed by atoms with Crippen molar-refractivity contribution < 1.29 is 9.47 Å². The molecule has 1 aromatic rings. The van der Waals surface area contributed by atoms with Crippen LogP contribution >= 0.6 is 11.6 Å². The monoisotopic (exact) mass is 221 g/mol. The van der Waals surface area contributed by atoms with Crippen LogP contribution in [0.25, 0.3) is 6.08 Å². The highest BCUT2D eigenvalue weighted by molar-refractivity contribution is 6.32. The van der Waals surface area contributed by atoms with Gasteiger partial charge in [0.25, 0.3) is 0 Å². The van der Waals surface area contributed by atoms with E-state index in [9.17, 15) is 0 Å². The third-order valence-electron chi connectivity index (χ3n) is 1.97. The number of halogens is 1. The van der Waals surface area contributed by atoms with Crippen molar-refractivity contribution >= 4 is 17.7 Å². The molecule has 2 rings (SSSR count). The average molecular weight is 222 g/mol. The first-order chi connectivity index (χ1) is 7.31. The van der Waals surface area contributed by atoms with Gasteiger partial charge in [0.1, 0.15) is 13.2 Å². The Hall–Kier alpha value is -1.66. The van der Waals surface area contributed by atoms with Gasteiger partial charge in [-0.15, -0.1) is 0 Å². The number of hydrogen-bond donors (Lipinski definition) is 0. The van der Waals surface area contributed by atoms with Crippen LogP contribution in [-0.2, 0) is 0 Å². The van der Waals surface area contributed by atoms with Gasteiger partial charge in [-0.2, -0.15) is 5.26 Å². The van der Waals surface area contributed by atoms with E-state index in [-0.39, 0.29) is 0 Å². The van der Waals surface area contributed by atoms with E-state index in [0.29, 0.717) is 29.7 Å². The summed E-state index contributed by atoms with van der Waals surface area (Å²) in [5.41, 5.74) is 0.825. The lowest BCUT2D eigenvalue weighted by molar-refractivity contribution is 0.171. The summed E-state index contributed by atoms with van der Waals surface area (Å²) in [6.45, 7) is 1.04.